The summed E-state index contributed by atoms with van der Waals surface area (Å²) in [6, 6.07) is 8.55. The Hall–Kier alpha value is -3.45. The van der Waals surface area contributed by atoms with Crippen LogP contribution in [0, 0.1) is 23.0 Å². The van der Waals surface area contributed by atoms with Crippen molar-refractivity contribution in [1.29, 1.82) is 5.41 Å². The van der Waals surface area contributed by atoms with Gasteiger partial charge in [0.25, 0.3) is 0 Å². The first-order valence-electron chi connectivity index (χ1n) is 13.0. The number of rotatable bonds is 7. The molecule has 7 heteroatoms. The van der Waals surface area contributed by atoms with Crippen molar-refractivity contribution >= 4 is 22.8 Å². The molecular formula is C30H32F2N4O. The second kappa shape index (κ2) is 11.3. The first-order chi connectivity index (χ1) is 18.0. The maximum Gasteiger partial charge on any atom is 0.129 e. The minimum atomic E-state index is -0.540. The van der Waals surface area contributed by atoms with Gasteiger partial charge in [0.1, 0.15) is 11.6 Å². The molecule has 2 N–H and O–H groups in total. The normalized spacial score (nSPS) is 17.8. The number of aromatic nitrogens is 2. The molecule has 0 atom stereocenters. The van der Waals surface area contributed by atoms with Crippen LogP contribution in [0.3, 0.4) is 0 Å². The van der Waals surface area contributed by atoms with Gasteiger partial charge in [-0.05, 0) is 74.6 Å². The molecule has 1 aliphatic carbocycles. The number of halogens is 2. The van der Waals surface area contributed by atoms with Crippen LogP contribution in [-0.4, -0.2) is 35.4 Å². The predicted molar refractivity (Wildman–Crippen MR) is 143 cm³/mol. The molecule has 2 heterocycles. The lowest BCUT2D eigenvalue weighted by atomic mass is 9.90. The Morgan fingerprint density at radius 3 is 2.54 bits per heavy atom. The lowest BCUT2D eigenvalue weighted by Gasteiger charge is -2.23. The van der Waals surface area contributed by atoms with Crippen molar-refractivity contribution in [3.63, 3.8) is 0 Å². The van der Waals surface area contributed by atoms with Gasteiger partial charge in [0.15, 0.2) is 0 Å². The third-order valence-electron chi connectivity index (χ3n) is 7.48. The Labute approximate surface area is 216 Å². The molecule has 2 aromatic carbocycles. The highest BCUT2D eigenvalue weighted by Crippen LogP contribution is 2.32. The molecule has 2 fully saturated rings. The number of ether oxygens (including phenoxy) is 1. The fraction of sp³-hybridized carbons (Fsp3) is 0.367. The summed E-state index contributed by atoms with van der Waals surface area (Å²) >= 11 is 0. The van der Waals surface area contributed by atoms with Crippen LogP contribution in [0.4, 0.5) is 8.78 Å². The Bertz CT molecular complexity index is 1310. The molecular weight excluding hydrogens is 470 g/mol. The van der Waals surface area contributed by atoms with E-state index in [4.69, 9.17) is 15.1 Å². The van der Waals surface area contributed by atoms with Crippen LogP contribution in [0.2, 0.25) is 0 Å². The van der Waals surface area contributed by atoms with E-state index in [1.54, 1.807) is 12.3 Å². The topological polar surface area (TPSA) is 70.9 Å². The summed E-state index contributed by atoms with van der Waals surface area (Å²) in [5.41, 5.74) is 4.72. The van der Waals surface area contributed by atoms with E-state index in [1.165, 1.54) is 23.9 Å². The zero-order valence-corrected chi connectivity index (χ0v) is 20.9. The van der Waals surface area contributed by atoms with E-state index in [1.807, 2.05) is 18.3 Å². The van der Waals surface area contributed by atoms with Gasteiger partial charge in [0.2, 0.25) is 0 Å². The average Bonchev–Trinajstić information content (AvgIpc) is 2.92. The summed E-state index contributed by atoms with van der Waals surface area (Å²) in [4.78, 5) is 9.31. The monoisotopic (exact) mass is 502 g/mol. The molecule has 0 amide bonds. The minimum Gasteiger partial charge on any atom is -0.388 e. The SMILES string of the molecule is C=C1CCC(N/C=C(\C=N)c2cnc3cccc(-c4cc(F)c(CC5CCOCC5)c(F)c4)c3n2)CC1. The molecule has 0 bridgehead atoms. The van der Waals surface area contributed by atoms with Crippen molar-refractivity contribution in [3.05, 3.63) is 77.8 Å². The quantitative estimate of drug-likeness (QED) is 0.281. The van der Waals surface area contributed by atoms with E-state index < -0.39 is 11.6 Å². The number of allylic oxidation sites excluding steroid dienone is 2. The van der Waals surface area contributed by atoms with Gasteiger partial charge in [0.05, 0.1) is 22.9 Å². The summed E-state index contributed by atoms with van der Waals surface area (Å²) < 4.78 is 35.7. The van der Waals surface area contributed by atoms with E-state index in [-0.39, 0.29) is 11.5 Å². The maximum atomic E-state index is 15.2. The molecule has 3 aromatic rings. The number of fused-ring (bicyclic) bond motifs is 1. The van der Waals surface area contributed by atoms with Gasteiger partial charge in [-0.3, -0.25) is 4.98 Å². The third-order valence-corrected chi connectivity index (χ3v) is 7.48. The Morgan fingerprint density at radius 2 is 1.84 bits per heavy atom. The second-order valence-electron chi connectivity index (χ2n) is 10.0. The van der Waals surface area contributed by atoms with Gasteiger partial charge in [0, 0.05) is 48.4 Å². The van der Waals surface area contributed by atoms with Crippen molar-refractivity contribution in [2.75, 3.05) is 13.2 Å². The Morgan fingerprint density at radius 1 is 1.11 bits per heavy atom. The van der Waals surface area contributed by atoms with E-state index in [9.17, 15) is 0 Å². The van der Waals surface area contributed by atoms with Gasteiger partial charge in [-0.15, -0.1) is 0 Å². The van der Waals surface area contributed by atoms with E-state index in [2.05, 4.69) is 16.9 Å². The molecule has 0 unspecified atom stereocenters. The van der Waals surface area contributed by atoms with Crippen LogP contribution in [0.25, 0.3) is 27.7 Å². The highest BCUT2D eigenvalue weighted by molar-refractivity contribution is 6.08. The molecule has 0 radical (unpaired) electrons. The predicted octanol–water partition coefficient (Wildman–Crippen LogP) is 6.62. The van der Waals surface area contributed by atoms with Gasteiger partial charge in [-0.25, -0.2) is 13.8 Å². The first-order valence-corrected chi connectivity index (χ1v) is 13.0. The molecule has 192 valence electrons. The van der Waals surface area contributed by atoms with Gasteiger partial charge in [-0.1, -0.05) is 24.3 Å². The smallest absolute Gasteiger partial charge is 0.129 e. The van der Waals surface area contributed by atoms with Crippen LogP contribution in [0.15, 0.2) is 54.9 Å². The molecule has 0 spiro atoms. The summed E-state index contributed by atoms with van der Waals surface area (Å²) in [5, 5.41) is 11.3. The van der Waals surface area contributed by atoms with E-state index in [0.717, 1.165) is 38.5 Å². The lowest BCUT2D eigenvalue weighted by Crippen LogP contribution is -2.27. The number of para-hydroxylation sites is 1. The molecule has 1 aromatic heterocycles. The molecule has 1 saturated carbocycles. The van der Waals surface area contributed by atoms with Crippen LogP contribution in [-0.2, 0) is 11.2 Å². The zero-order chi connectivity index (χ0) is 25.8. The van der Waals surface area contributed by atoms with E-state index in [0.29, 0.717) is 59.1 Å². The molecule has 37 heavy (non-hydrogen) atoms. The van der Waals surface area contributed by atoms with Crippen molar-refractivity contribution in [3.8, 4) is 11.1 Å². The van der Waals surface area contributed by atoms with Crippen molar-refractivity contribution in [1.82, 2.24) is 15.3 Å². The van der Waals surface area contributed by atoms with Crippen LogP contribution < -0.4 is 5.32 Å². The summed E-state index contributed by atoms with van der Waals surface area (Å²) in [5.74, 6) is -0.856. The highest BCUT2D eigenvalue weighted by atomic mass is 19.1. The maximum absolute atomic E-state index is 15.2. The third kappa shape index (κ3) is 5.77. The number of hydrogen-bond donors (Lipinski definition) is 2. The van der Waals surface area contributed by atoms with Crippen molar-refractivity contribution in [2.24, 2.45) is 5.92 Å². The van der Waals surface area contributed by atoms with Crippen molar-refractivity contribution < 1.29 is 13.5 Å². The zero-order valence-electron chi connectivity index (χ0n) is 20.9. The second-order valence-corrected chi connectivity index (χ2v) is 10.0. The average molecular weight is 503 g/mol. The van der Waals surface area contributed by atoms with Crippen LogP contribution >= 0.6 is 0 Å². The fourth-order valence-corrected chi connectivity index (χ4v) is 5.19. The number of nitrogens with zero attached hydrogens (tertiary/aromatic N) is 2. The number of benzene rings is 2. The van der Waals surface area contributed by atoms with E-state index >= 15 is 8.78 Å². The number of nitrogens with one attached hydrogen (secondary N) is 2. The van der Waals surface area contributed by atoms with Gasteiger partial charge < -0.3 is 15.5 Å². The molecule has 5 nitrogen and oxygen atoms in total. The van der Waals surface area contributed by atoms with Crippen molar-refractivity contribution in [2.45, 2.75) is 51.0 Å². The summed E-state index contributed by atoms with van der Waals surface area (Å²) in [6.07, 6.45) is 10.7. The molecule has 5 rings (SSSR count). The first kappa shape index (κ1) is 25.2. The minimum absolute atomic E-state index is 0.133. The summed E-state index contributed by atoms with van der Waals surface area (Å²) in [6.45, 7) is 5.34. The largest absolute Gasteiger partial charge is 0.388 e. The standard InChI is InChI=1S/C30H32F2N4O/c1-19-5-7-23(8-6-19)34-17-22(16-33)29-18-35-28-4-2-3-24(30(28)36-29)21-14-26(31)25(27(32)15-21)13-20-9-11-37-12-10-20/h2-4,14-18,20,23,33-34H,1,5-13H2/b22-17+,33-16?. The van der Waals surface area contributed by atoms with Gasteiger partial charge >= 0.3 is 0 Å². The van der Waals surface area contributed by atoms with Crippen LogP contribution in [0.5, 0.6) is 0 Å². The Balaban J connectivity index is 1.44. The summed E-state index contributed by atoms with van der Waals surface area (Å²) in [7, 11) is 0. The van der Waals surface area contributed by atoms with Crippen LogP contribution in [0.1, 0.15) is 49.8 Å². The highest BCUT2D eigenvalue weighted by Gasteiger charge is 2.21. The number of hydrogen-bond acceptors (Lipinski definition) is 5. The fourth-order valence-electron chi connectivity index (χ4n) is 5.19. The molecule has 1 aliphatic heterocycles. The lowest BCUT2D eigenvalue weighted by molar-refractivity contribution is 0.0660. The Kier molecular flexibility index (Phi) is 7.70. The molecule has 1 saturated heterocycles. The van der Waals surface area contributed by atoms with Gasteiger partial charge in [-0.2, -0.15) is 0 Å². The molecule has 2 aliphatic rings.